The molecule has 0 radical (unpaired) electrons. The third-order valence-corrected chi connectivity index (χ3v) is 5.36. The molecule has 2 rings (SSSR count). The Kier molecular flexibility index (Phi) is 5.12. The van der Waals surface area contributed by atoms with Crippen LogP contribution < -0.4 is 0 Å². The van der Waals surface area contributed by atoms with E-state index in [2.05, 4.69) is 0 Å². The lowest BCUT2D eigenvalue weighted by Crippen LogP contribution is -2.11. The Balaban J connectivity index is 1.92. The number of hydrogen-bond acceptors (Lipinski definition) is 3. The Hall–Kier alpha value is -1.68. The van der Waals surface area contributed by atoms with E-state index in [1.165, 1.54) is 0 Å². The molecule has 0 aliphatic rings. The average Bonchev–Trinajstić information content (AvgIpc) is 2.47. The monoisotopic (exact) mass is 304 g/mol. The molecule has 112 valence electrons. The number of sulfone groups is 1. The fourth-order valence-electron chi connectivity index (χ4n) is 2.30. The predicted octanol–water partition coefficient (Wildman–Crippen LogP) is 3.17. The molecule has 4 heteroatoms. The summed E-state index contributed by atoms with van der Waals surface area (Å²) in [7, 11) is -2.97. The number of rotatable bonds is 7. The Morgan fingerprint density at radius 3 is 2.48 bits per heavy atom. The first-order chi connectivity index (χ1) is 10.00. The van der Waals surface area contributed by atoms with E-state index in [4.69, 9.17) is 0 Å². The maximum Gasteiger partial charge on any atom is 0.150 e. The van der Waals surface area contributed by atoms with Gasteiger partial charge >= 0.3 is 0 Å². The van der Waals surface area contributed by atoms with Crippen LogP contribution in [0.2, 0.25) is 0 Å². The van der Waals surface area contributed by atoms with Gasteiger partial charge in [-0.05, 0) is 22.8 Å². The minimum absolute atomic E-state index is 0.0941. The summed E-state index contributed by atoms with van der Waals surface area (Å²) in [5.41, 5.74) is 0.983. The van der Waals surface area contributed by atoms with Gasteiger partial charge < -0.3 is 0 Å². The molecule has 3 nitrogen and oxygen atoms in total. The van der Waals surface area contributed by atoms with Gasteiger partial charge in [0.15, 0.2) is 0 Å². The molecular formula is C17H20O3S. The molecule has 0 aromatic heterocycles. The van der Waals surface area contributed by atoms with Crippen LogP contribution in [0.4, 0.5) is 0 Å². The molecule has 0 saturated carbocycles. The Morgan fingerprint density at radius 2 is 1.76 bits per heavy atom. The summed E-state index contributed by atoms with van der Waals surface area (Å²) >= 11 is 0. The summed E-state index contributed by atoms with van der Waals surface area (Å²) in [6.07, 6.45) is 1.12. The van der Waals surface area contributed by atoms with Gasteiger partial charge in [0.25, 0.3) is 0 Å². The van der Waals surface area contributed by atoms with E-state index in [0.29, 0.717) is 19.3 Å². The van der Waals surface area contributed by atoms with E-state index < -0.39 is 9.84 Å². The van der Waals surface area contributed by atoms with Crippen LogP contribution in [0.25, 0.3) is 10.8 Å². The highest BCUT2D eigenvalue weighted by atomic mass is 32.2. The summed E-state index contributed by atoms with van der Waals surface area (Å²) in [4.78, 5) is 11.9. The second-order valence-electron chi connectivity index (χ2n) is 5.24. The van der Waals surface area contributed by atoms with Crippen LogP contribution in [0, 0.1) is 0 Å². The topological polar surface area (TPSA) is 51.2 Å². The molecule has 0 aliphatic carbocycles. The van der Waals surface area contributed by atoms with Crippen LogP contribution in [0.15, 0.2) is 42.5 Å². The molecule has 0 bridgehead atoms. The SMILES string of the molecule is CCS(=O)(=O)CCCC(=O)Cc1ccc2ccccc2c1. The highest BCUT2D eigenvalue weighted by Crippen LogP contribution is 2.16. The summed E-state index contributed by atoms with van der Waals surface area (Å²) in [5.74, 6) is 0.343. The molecule has 0 spiro atoms. The van der Waals surface area contributed by atoms with Crippen LogP contribution in [-0.2, 0) is 21.1 Å². The van der Waals surface area contributed by atoms with Crippen molar-refractivity contribution in [3.63, 3.8) is 0 Å². The zero-order valence-corrected chi connectivity index (χ0v) is 13.0. The van der Waals surface area contributed by atoms with Crippen LogP contribution in [-0.4, -0.2) is 25.7 Å². The largest absolute Gasteiger partial charge is 0.299 e. The number of hydrogen-bond donors (Lipinski definition) is 0. The molecule has 0 heterocycles. The van der Waals surface area contributed by atoms with Gasteiger partial charge in [-0.2, -0.15) is 0 Å². The maximum atomic E-state index is 11.9. The second kappa shape index (κ2) is 6.85. The number of benzene rings is 2. The molecule has 0 unspecified atom stereocenters. The Labute approximate surface area is 125 Å². The average molecular weight is 304 g/mol. The first-order valence-corrected chi connectivity index (χ1v) is 9.02. The summed E-state index contributed by atoms with van der Waals surface area (Å²) in [6.45, 7) is 1.63. The van der Waals surface area contributed by atoms with Gasteiger partial charge in [-0.3, -0.25) is 4.79 Å². The van der Waals surface area contributed by atoms with Crippen LogP contribution >= 0.6 is 0 Å². The van der Waals surface area contributed by atoms with Crippen LogP contribution in [0.1, 0.15) is 25.3 Å². The van der Waals surface area contributed by atoms with E-state index >= 15 is 0 Å². The standard InChI is InChI=1S/C17H20O3S/c1-2-21(19,20)11-5-8-17(18)13-14-9-10-15-6-3-4-7-16(15)12-14/h3-4,6-7,9-10,12H,2,5,8,11,13H2,1H3. The summed E-state index contributed by atoms with van der Waals surface area (Å²) in [5, 5.41) is 2.28. The zero-order valence-electron chi connectivity index (χ0n) is 12.2. The van der Waals surface area contributed by atoms with Crippen molar-refractivity contribution < 1.29 is 13.2 Å². The van der Waals surface area contributed by atoms with Gasteiger partial charge in [0, 0.05) is 18.6 Å². The lowest BCUT2D eigenvalue weighted by molar-refractivity contribution is -0.118. The fraction of sp³-hybridized carbons (Fsp3) is 0.353. The zero-order chi connectivity index (χ0) is 15.3. The number of carbonyl (C=O) groups excluding carboxylic acids is 1. The number of ketones is 1. The van der Waals surface area contributed by atoms with Gasteiger partial charge in [-0.15, -0.1) is 0 Å². The summed E-state index contributed by atoms with van der Waals surface area (Å²) in [6, 6.07) is 14.0. The molecule has 2 aromatic rings. The van der Waals surface area contributed by atoms with Gasteiger partial charge in [-0.25, -0.2) is 8.42 Å². The van der Waals surface area contributed by atoms with E-state index in [1.54, 1.807) is 6.92 Å². The van der Waals surface area contributed by atoms with Gasteiger partial charge in [-0.1, -0.05) is 49.4 Å². The Morgan fingerprint density at radius 1 is 1.05 bits per heavy atom. The van der Waals surface area contributed by atoms with Crippen molar-refractivity contribution in [2.75, 3.05) is 11.5 Å². The smallest absolute Gasteiger partial charge is 0.150 e. The van der Waals surface area contributed by atoms with Crippen molar-refractivity contribution in [2.45, 2.75) is 26.2 Å². The van der Waals surface area contributed by atoms with Gasteiger partial charge in [0.2, 0.25) is 0 Å². The molecule has 0 amide bonds. The number of fused-ring (bicyclic) bond motifs is 1. The highest BCUT2D eigenvalue weighted by molar-refractivity contribution is 7.91. The molecule has 0 N–H and O–H groups in total. The molecular weight excluding hydrogens is 284 g/mol. The summed E-state index contributed by atoms with van der Waals surface area (Å²) < 4.78 is 22.7. The second-order valence-corrected chi connectivity index (χ2v) is 7.71. The van der Waals surface area contributed by atoms with E-state index in [0.717, 1.165) is 16.3 Å². The fourth-order valence-corrected chi connectivity index (χ4v) is 3.17. The third-order valence-electron chi connectivity index (χ3n) is 3.57. The minimum atomic E-state index is -2.97. The van der Waals surface area contributed by atoms with E-state index in [-0.39, 0.29) is 17.3 Å². The highest BCUT2D eigenvalue weighted by Gasteiger charge is 2.10. The predicted molar refractivity (Wildman–Crippen MR) is 86.2 cm³/mol. The van der Waals surface area contributed by atoms with Crippen molar-refractivity contribution >= 4 is 26.4 Å². The quantitative estimate of drug-likeness (QED) is 0.789. The van der Waals surface area contributed by atoms with Crippen molar-refractivity contribution in [1.82, 2.24) is 0 Å². The van der Waals surface area contributed by atoms with E-state index in [1.807, 2.05) is 42.5 Å². The number of carbonyl (C=O) groups is 1. The normalized spacial score (nSPS) is 11.7. The van der Waals surface area contributed by atoms with Gasteiger partial charge in [0.05, 0.1) is 5.75 Å². The third kappa shape index (κ3) is 4.67. The number of Topliss-reactive ketones (excluding diaryl/α,β-unsaturated/α-hetero) is 1. The van der Waals surface area contributed by atoms with Crippen LogP contribution in [0.5, 0.6) is 0 Å². The molecule has 2 aromatic carbocycles. The van der Waals surface area contributed by atoms with Crippen LogP contribution in [0.3, 0.4) is 0 Å². The van der Waals surface area contributed by atoms with Crippen molar-refractivity contribution in [3.8, 4) is 0 Å². The Bertz CT molecular complexity index is 733. The van der Waals surface area contributed by atoms with Gasteiger partial charge in [0.1, 0.15) is 15.6 Å². The first kappa shape index (κ1) is 15.7. The minimum Gasteiger partial charge on any atom is -0.299 e. The molecule has 0 atom stereocenters. The maximum absolute atomic E-state index is 11.9. The van der Waals surface area contributed by atoms with Crippen molar-refractivity contribution in [3.05, 3.63) is 48.0 Å². The lowest BCUT2D eigenvalue weighted by Gasteiger charge is -2.04. The van der Waals surface area contributed by atoms with Crippen molar-refractivity contribution in [1.29, 1.82) is 0 Å². The molecule has 0 saturated heterocycles. The molecule has 0 fully saturated rings. The first-order valence-electron chi connectivity index (χ1n) is 7.20. The molecule has 0 aliphatic heterocycles. The van der Waals surface area contributed by atoms with Crippen molar-refractivity contribution in [2.24, 2.45) is 0 Å². The molecule has 21 heavy (non-hydrogen) atoms. The lowest BCUT2D eigenvalue weighted by atomic mass is 10.0. The van der Waals surface area contributed by atoms with E-state index in [9.17, 15) is 13.2 Å².